The number of alkyl halides is 2. The van der Waals surface area contributed by atoms with E-state index in [1.54, 1.807) is 18.2 Å². The molecule has 0 aliphatic rings. The van der Waals surface area contributed by atoms with E-state index in [0.29, 0.717) is 11.0 Å². The van der Waals surface area contributed by atoms with Crippen LogP contribution in [0.3, 0.4) is 0 Å². The quantitative estimate of drug-likeness (QED) is 0.781. The highest BCUT2D eigenvalue weighted by atomic mass is 79.9. The Labute approximate surface area is 114 Å². The van der Waals surface area contributed by atoms with E-state index in [4.69, 9.17) is 0 Å². The van der Waals surface area contributed by atoms with Crippen molar-refractivity contribution in [3.8, 4) is 5.75 Å². The largest absolute Gasteiger partial charge is 0.434 e. The van der Waals surface area contributed by atoms with Crippen LogP contribution in [-0.2, 0) is 6.54 Å². The molecule has 102 valence electrons. The minimum Gasteiger partial charge on any atom is -0.434 e. The zero-order chi connectivity index (χ0) is 13.5. The summed E-state index contributed by atoms with van der Waals surface area (Å²) in [6, 6.07) is 5.09. The van der Waals surface area contributed by atoms with E-state index < -0.39 is 6.61 Å². The van der Waals surface area contributed by atoms with Crippen LogP contribution in [-0.4, -0.2) is 38.7 Å². The van der Waals surface area contributed by atoms with E-state index in [1.165, 1.54) is 0 Å². The average Bonchev–Trinajstić information content (AvgIpc) is 2.27. The molecule has 0 heterocycles. The first-order chi connectivity index (χ1) is 8.49. The van der Waals surface area contributed by atoms with Gasteiger partial charge in [-0.1, -0.05) is 6.07 Å². The van der Waals surface area contributed by atoms with Gasteiger partial charge in [0.2, 0.25) is 0 Å². The summed E-state index contributed by atoms with van der Waals surface area (Å²) in [4.78, 5) is 2.09. The molecule has 1 N–H and O–H groups in total. The molecule has 0 unspecified atom stereocenters. The summed E-state index contributed by atoms with van der Waals surface area (Å²) in [7, 11) is 4.02. The normalized spacial score (nSPS) is 11.3. The molecular formula is C12H17BrF2N2O. The van der Waals surface area contributed by atoms with Crippen LogP contribution >= 0.6 is 15.9 Å². The fraction of sp³-hybridized carbons (Fsp3) is 0.500. The minimum atomic E-state index is -2.80. The highest BCUT2D eigenvalue weighted by molar-refractivity contribution is 9.10. The highest BCUT2D eigenvalue weighted by Crippen LogP contribution is 2.27. The molecule has 1 rings (SSSR count). The van der Waals surface area contributed by atoms with Crippen LogP contribution in [0.4, 0.5) is 8.78 Å². The van der Waals surface area contributed by atoms with Gasteiger partial charge in [0.1, 0.15) is 5.75 Å². The number of hydrogen-bond acceptors (Lipinski definition) is 3. The van der Waals surface area contributed by atoms with Crippen LogP contribution in [0.2, 0.25) is 0 Å². The predicted octanol–water partition coefficient (Wildman–Crippen LogP) is 2.70. The van der Waals surface area contributed by atoms with Gasteiger partial charge in [0.15, 0.2) is 0 Å². The lowest BCUT2D eigenvalue weighted by Crippen LogP contribution is -2.26. The van der Waals surface area contributed by atoms with Crippen LogP contribution in [0.1, 0.15) is 5.56 Å². The smallest absolute Gasteiger partial charge is 0.387 e. The van der Waals surface area contributed by atoms with E-state index in [2.05, 4.69) is 30.9 Å². The fourth-order valence-corrected chi connectivity index (χ4v) is 1.90. The zero-order valence-corrected chi connectivity index (χ0v) is 12.0. The van der Waals surface area contributed by atoms with E-state index in [-0.39, 0.29) is 5.75 Å². The first kappa shape index (κ1) is 15.3. The molecule has 0 aromatic heterocycles. The van der Waals surface area contributed by atoms with Crippen LogP contribution in [0.15, 0.2) is 22.7 Å². The van der Waals surface area contributed by atoms with E-state index in [0.717, 1.165) is 18.7 Å². The maximum absolute atomic E-state index is 12.1. The Bertz CT molecular complexity index is 375. The second kappa shape index (κ2) is 7.66. The molecule has 6 heteroatoms. The van der Waals surface area contributed by atoms with Crippen LogP contribution < -0.4 is 10.1 Å². The molecule has 0 atom stereocenters. The number of benzene rings is 1. The monoisotopic (exact) mass is 322 g/mol. The molecule has 0 aliphatic carbocycles. The number of likely N-dealkylation sites (N-methyl/N-ethyl adjacent to an activating group) is 1. The number of halogens is 3. The lowest BCUT2D eigenvalue weighted by Gasteiger charge is -2.11. The third-order valence-electron chi connectivity index (χ3n) is 2.28. The molecular weight excluding hydrogens is 306 g/mol. The Morgan fingerprint density at radius 2 is 2.11 bits per heavy atom. The van der Waals surface area contributed by atoms with Gasteiger partial charge in [-0.2, -0.15) is 8.78 Å². The number of nitrogens with one attached hydrogen (secondary N) is 1. The Balaban J connectivity index is 2.46. The summed E-state index contributed by atoms with van der Waals surface area (Å²) in [5.74, 6) is 0.155. The molecule has 0 fully saturated rings. The van der Waals surface area contributed by atoms with Crippen molar-refractivity contribution in [1.82, 2.24) is 10.2 Å². The summed E-state index contributed by atoms with van der Waals surface area (Å²) < 4.78 is 29.0. The molecule has 0 bridgehead atoms. The fourth-order valence-electron chi connectivity index (χ4n) is 1.38. The number of hydrogen-bond donors (Lipinski definition) is 1. The van der Waals surface area contributed by atoms with Gasteiger partial charge in [0.25, 0.3) is 0 Å². The SMILES string of the molecule is CN(C)CCNCc1ccc(OC(F)F)c(Br)c1. The standard InChI is InChI=1S/C12H17BrF2N2O/c1-17(2)6-5-16-8-9-3-4-11(10(13)7-9)18-12(14)15/h3-4,7,12,16H,5-6,8H2,1-2H3. The van der Waals surface area contributed by atoms with Crippen molar-refractivity contribution in [2.24, 2.45) is 0 Å². The first-order valence-corrected chi connectivity index (χ1v) is 6.37. The third-order valence-corrected chi connectivity index (χ3v) is 2.90. The Morgan fingerprint density at radius 3 is 2.67 bits per heavy atom. The molecule has 0 saturated carbocycles. The molecule has 1 aromatic carbocycles. The van der Waals surface area contributed by atoms with Gasteiger partial charge in [-0.25, -0.2) is 0 Å². The average molecular weight is 323 g/mol. The number of rotatable bonds is 7. The topological polar surface area (TPSA) is 24.5 Å². The maximum Gasteiger partial charge on any atom is 0.387 e. The van der Waals surface area contributed by atoms with E-state index in [9.17, 15) is 8.78 Å². The summed E-state index contributed by atoms with van der Waals surface area (Å²) in [6.07, 6.45) is 0. The van der Waals surface area contributed by atoms with Crippen molar-refractivity contribution in [2.75, 3.05) is 27.2 Å². The van der Waals surface area contributed by atoms with Crippen molar-refractivity contribution in [1.29, 1.82) is 0 Å². The van der Waals surface area contributed by atoms with Gasteiger partial charge >= 0.3 is 6.61 Å². The van der Waals surface area contributed by atoms with Crippen LogP contribution in [0.25, 0.3) is 0 Å². The van der Waals surface area contributed by atoms with Crippen molar-refractivity contribution < 1.29 is 13.5 Å². The maximum atomic E-state index is 12.1. The van der Waals surface area contributed by atoms with Crippen molar-refractivity contribution in [3.63, 3.8) is 0 Å². The van der Waals surface area contributed by atoms with E-state index in [1.807, 2.05) is 14.1 Å². The molecule has 1 aromatic rings. The van der Waals surface area contributed by atoms with Gasteiger partial charge in [-0.3, -0.25) is 0 Å². The minimum absolute atomic E-state index is 0.155. The van der Waals surface area contributed by atoms with Gasteiger partial charge in [0, 0.05) is 19.6 Å². The van der Waals surface area contributed by atoms with Crippen LogP contribution in [0, 0.1) is 0 Å². The van der Waals surface area contributed by atoms with Crippen LogP contribution in [0.5, 0.6) is 5.75 Å². The highest BCUT2D eigenvalue weighted by Gasteiger charge is 2.08. The predicted molar refractivity (Wildman–Crippen MR) is 71.0 cm³/mol. The third kappa shape index (κ3) is 5.75. The summed E-state index contributed by atoms with van der Waals surface area (Å²) in [5.41, 5.74) is 1.02. The Kier molecular flexibility index (Phi) is 6.52. The zero-order valence-electron chi connectivity index (χ0n) is 10.4. The van der Waals surface area contributed by atoms with E-state index >= 15 is 0 Å². The van der Waals surface area contributed by atoms with Gasteiger partial charge in [-0.05, 0) is 47.7 Å². The molecule has 0 aliphatic heterocycles. The summed E-state index contributed by atoms with van der Waals surface area (Å²) in [5, 5.41) is 3.27. The van der Waals surface area contributed by atoms with Crippen molar-refractivity contribution in [2.45, 2.75) is 13.2 Å². The lowest BCUT2D eigenvalue weighted by molar-refractivity contribution is -0.0503. The van der Waals surface area contributed by atoms with Gasteiger partial charge in [0.05, 0.1) is 4.47 Å². The lowest BCUT2D eigenvalue weighted by atomic mass is 10.2. The first-order valence-electron chi connectivity index (χ1n) is 5.57. The number of ether oxygens (including phenoxy) is 1. The molecule has 0 amide bonds. The molecule has 18 heavy (non-hydrogen) atoms. The molecule has 0 saturated heterocycles. The Hall–Kier alpha value is -0.720. The summed E-state index contributed by atoms with van der Waals surface area (Å²) in [6.45, 7) is -0.278. The number of nitrogens with zero attached hydrogens (tertiary/aromatic N) is 1. The molecule has 0 spiro atoms. The summed E-state index contributed by atoms with van der Waals surface area (Å²) >= 11 is 3.21. The van der Waals surface area contributed by atoms with Crippen molar-refractivity contribution in [3.05, 3.63) is 28.2 Å². The Morgan fingerprint density at radius 1 is 1.39 bits per heavy atom. The molecule has 3 nitrogen and oxygen atoms in total. The molecule has 0 radical (unpaired) electrons. The van der Waals surface area contributed by atoms with Gasteiger partial charge < -0.3 is 15.0 Å². The van der Waals surface area contributed by atoms with Gasteiger partial charge in [-0.15, -0.1) is 0 Å². The van der Waals surface area contributed by atoms with Crippen molar-refractivity contribution >= 4 is 15.9 Å². The second-order valence-electron chi connectivity index (χ2n) is 4.12. The second-order valence-corrected chi connectivity index (χ2v) is 4.98.